The van der Waals surface area contributed by atoms with Crippen LogP contribution in [0.3, 0.4) is 0 Å². The number of carbonyl (C=O) groups excluding carboxylic acids is 1. The first-order valence-electron chi connectivity index (χ1n) is 9.14. The molecule has 2 aromatic carbocycles. The van der Waals surface area contributed by atoms with Crippen molar-refractivity contribution in [2.24, 2.45) is 4.99 Å². The zero-order valence-electron chi connectivity index (χ0n) is 16.4. The molecular weight excluding hydrogens is 536 g/mol. The van der Waals surface area contributed by atoms with Crippen LogP contribution in [0.1, 0.15) is 12.5 Å². The molecule has 0 radical (unpaired) electrons. The molecule has 0 saturated carbocycles. The largest absolute Gasteiger partial charge is 0.503 e. The summed E-state index contributed by atoms with van der Waals surface area (Å²) in [6.07, 6.45) is 1.76. The van der Waals surface area contributed by atoms with Gasteiger partial charge in [-0.1, -0.05) is 18.2 Å². The summed E-state index contributed by atoms with van der Waals surface area (Å²) < 4.78 is 11.8. The van der Waals surface area contributed by atoms with Gasteiger partial charge in [0.25, 0.3) is 5.91 Å². The van der Waals surface area contributed by atoms with E-state index in [1.165, 1.54) is 11.8 Å². The van der Waals surface area contributed by atoms with Crippen LogP contribution < -0.4 is 4.74 Å². The van der Waals surface area contributed by atoms with Crippen LogP contribution in [0.4, 0.5) is 5.69 Å². The Morgan fingerprint density at radius 1 is 1.23 bits per heavy atom. The molecule has 0 spiro atoms. The summed E-state index contributed by atoms with van der Waals surface area (Å²) in [5, 5.41) is 10.8. The fourth-order valence-electron chi connectivity index (χ4n) is 2.71. The Labute approximate surface area is 196 Å². The number of hydrogen-bond acceptors (Lipinski definition) is 6. The number of carbonyl (C=O) groups is 1. The minimum Gasteiger partial charge on any atom is -0.503 e. The lowest BCUT2D eigenvalue weighted by molar-refractivity contribution is -0.122. The van der Waals surface area contributed by atoms with Gasteiger partial charge < -0.3 is 14.6 Å². The zero-order chi connectivity index (χ0) is 21.7. The second-order valence-corrected chi connectivity index (χ2v) is 8.76. The van der Waals surface area contributed by atoms with Crippen molar-refractivity contribution in [1.82, 2.24) is 4.90 Å². The van der Waals surface area contributed by atoms with Gasteiger partial charge in [-0.3, -0.25) is 9.69 Å². The quantitative estimate of drug-likeness (QED) is 0.452. The lowest BCUT2D eigenvalue weighted by Crippen LogP contribution is -2.32. The van der Waals surface area contributed by atoms with Gasteiger partial charge in [0.1, 0.15) is 0 Å². The molecule has 0 aromatic heterocycles. The van der Waals surface area contributed by atoms with Gasteiger partial charge in [-0.15, -0.1) is 0 Å². The molecule has 9 heteroatoms. The molecular formula is C21H20Br2N2O4S. The highest BCUT2D eigenvalue weighted by Gasteiger charge is 2.33. The number of methoxy groups -OCH3 is 1. The van der Waals surface area contributed by atoms with Gasteiger partial charge >= 0.3 is 0 Å². The van der Waals surface area contributed by atoms with Gasteiger partial charge in [0.2, 0.25) is 0 Å². The third kappa shape index (κ3) is 5.08. The van der Waals surface area contributed by atoms with Crippen molar-refractivity contribution in [2.75, 3.05) is 26.9 Å². The predicted molar refractivity (Wildman–Crippen MR) is 127 cm³/mol. The van der Waals surface area contributed by atoms with Crippen molar-refractivity contribution in [1.29, 1.82) is 0 Å². The van der Waals surface area contributed by atoms with E-state index in [0.29, 0.717) is 50.1 Å². The standard InChI is InChI=1S/C21H20Br2N2O4S/c1-3-29-15-11-13(17(22)18(23)19(15)26)12-16-20(27)25(9-10-28-2)21(30-16)24-14-7-5-4-6-8-14/h4-8,11-12,26H,3,9-10H2,1-2H3/b16-12+,24-21?. The number of phenolic OH excluding ortho intramolecular Hbond substituents is 1. The number of amides is 1. The molecule has 0 aliphatic carbocycles. The molecule has 1 aliphatic heterocycles. The van der Waals surface area contributed by atoms with E-state index in [0.717, 1.165) is 5.69 Å². The molecule has 158 valence electrons. The highest BCUT2D eigenvalue weighted by molar-refractivity contribution is 9.13. The van der Waals surface area contributed by atoms with Crippen LogP contribution in [0.15, 0.2) is 55.2 Å². The molecule has 0 atom stereocenters. The normalized spacial score (nSPS) is 16.7. The first-order chi connectivity index (χ1) is 14.5. The SMILES string of the molecule is CCOc1cc(/C=C2/SC(=Nc3ccccc3)N(CCOC)C2=O)c(Br)c(Br)c1O. The zero-order valence-corrected chi connectivity index (χ0v) is 20.4. The summed E-state index contributed by atoms with van der Waals surface area (Å²) in [7, 11) is 1.60. The maximum absolute atomic E-state index is 13.1. The number of nitrogens with zero attached hydrogens (tertiary/aromatic N) is 2. The van der Waals surface area contributed by atoms with Crippen molar-refractivity contribution in [3.8, 4) is 11.5 Å². The van der Waals surface area contributed by atoms with Crippen LogP contribution in [-0.2, 0) is 9.53 Å². The Balaban J connectivity index is 2.01. The number of benzene rings is 2. The van der Waals surface area contributed by atoms with Crippen molar-refractivity contribution in [3.05, 3.63) is 55.8 Å². The monoisotopic (exact) mass is 554 g/mol. The Hall–Kier alpha value is -1.81. The van der Waals surface area contributed by atoms with E-state index in [1.54, 1.807) is 24.2 Å². The van der Waals surface area contributed by atoms with Crippen LogP contribution >= 0.6 is 43.6 Å². The third-order valence-corrected chi connectivity index (χ3v) is 7.31. The fourth-order valence-corrected chi connectivity index (χ4v) is 4.56. The Morgan fingerprint density at radius 3 is 2.63 bits per heavy atom. The molecule has 6 nitrogen and oxygen atoms in total. The smallest absolute Gasteiger partial charge is 0.266 e. The Bertz CT molecular complexity index is 996. The van der Waals surface area contributed by atoms with E-state index in [4.69, 9.17) is 9.47 Å². The molecule has 0 bridgehead atoms. The van der Waals surface area contributed by atoms with Crippen molar-refractivity contribution < 1.29 is 19.4 Å². The van der Waals surface area contributed by atoms with Crippen LogP contribution in [0, 0.1) is 0 Å². The molecule has 1 N–H and O–H groups in total. The average molecular weight is 556 g/mol. The number of thioether (sulfide) groups is 1. The predicted octanol–water partition coefficient (Wildman–Crippen LogP) is 5.57. The minimum atomic E-state index is -0.152. The van der Waals surface area contributed by atoms with Gasteiger partial charge in [0, 0.05) is 11.6 Å². The number of hydrogen-bond donors (Lipinski definition) is 1. The van der Waals surface area contributed by atoms with E-state index < -0.39 is 0 Å². The van der Waals surface area contributed by atoms with Crippen molar-refractivity contribution in [3.63, 3.8) is 0 Å². The average Bonchev–Trinajstić information content (AvgIpc) is 3.03. The number of phenols is 1. The molecule has 2 aromatic rings. The summed E-state index contributed by atoms with van der Waals surface area (Å²) in [5.74, 6) is 0.189. The molecule has 30 heavy (non-hydrogen) atoms. The van der Waals surface area contributed by atoms with Gasteiger partial charge in [-0.25, -0.2) is 4.99 Å². The maximum Gasteiger partial charge on any atom is 0.266 e. The van der Waals surface area contributed by atoms with Crippen LogP contribution in [0.25, 0.3) is 6.08 Å². The van der Waals surface area contributed by atoms with E-state index in [2.05, 4.69) is 36.9 Å². The number of halogens is 2. The third-order valence-electron chi connectivity index (χ3n) is 4.15. The number of ether oxygens (including phenoxy) is 2. The number of aromatic hydroxyl groups is 1. The Kier molecular flexibility index (Phi) is 7.99. The number of para-hydroxylation sites is 1. The second-order valence-electron chi connectivity index (χ2n) is 6.16. The lowest BCUT2D eigenvalue weighted by Gasteiger charge is -2.14. The number of rotatable bonds is 7. The summed E-state index contributed by atoms with van der Waals surface area (Å²) in [6, 6.07) is 11.2. The lowest BCUT2D eigenvalue weighted by atomic mass is 10.2. The van der Waals surface area contributed by atoms with Crippen molar-refractivity contribution in [2.45, 2.75) is 6.92 Å². The molecule has 1 heterocycles. The van der Waals surface area contributed by atoms with E-state index in [9.17, 15) is 9.90 Å². The summed E-state index contributed by atoms with van der Waals surface area (Å²) in [6.45, 7) is 3.04. The maximum atomic E-state index is 13.1. The van der Waals surface area contributed by atoms with Gasteiger partial charge in [-0.05, 0) is 80.4 Å². The van der Waals surface area contributed by atoms with Gasteiger partial charge in [0.05, 0.1) is 34.8 Å². The highest BCUT2D eigenvalue weighted by atomic mass is 79.9. The van der Waals surface area contributed by atoms with Gasteiger partial charge in [0.15, 0.2) is 16.7 Å². The summed E-state index contributed by atoms with van der Waals surface area (Å²) >= 11 is 8.14. The summed E-state index contributed by atoms with van der Waals surface area (Å²) in [5.41, 5.74) is 1.47. The second kappa shape index (κ2) is 10.5. The minimum absolute atomic E-state index is 0.00401. The van der Waals surface area contributed by atoms with Crippen LogP contribution in [-0.4, -0.2) is 47.9 Å². The van der Waals surface area contributed by atoms with E-state index >= 15 is 0 Å². The Morgan fingerprint density at radius 2 is 1.97 bits per heavy atom. The highest BCUT2D eigenvalue weighted by Crippen LogP contribution is 2.44. The molecule has 1 saturated heterocycles. The molecule has 1 fully saturated rings. The van der Waals surface area contributed by atoms with Crippen molar-refractivity contribution >= 4 is 66.5 Å². The fraction of sp³-hybridized carbons (Fsp3) is 0.238. The number of aliphatic imine (C=N–C) groups is 1. The summed E-state index contributed by atoms with van der Waals surface area (Å²) in [4.78, 5) is 19.8. The molecule has 1 aliphatic rings. The first-order valence-corrected chi connectivity index (χ1v) is 11.5. The molecule has 0 unspecified atom stereocenters. The topological polar surface area (TPSA) is 71.4 Å². The molecule has 3 rings (SSSR count). The van der Waals surface area contributed by atoms with E-state index in [1.807, 2.05) is 37.3 Å². The van der Waals surface area contributed by atoms with Crippen LogP contribution in [0.5, 0.6) is 11.5 Å². The van der Waals surface area contributed by atoms with Crippen LogP contribution in [0.2, 0.25) is 0 Å². The first kappa shape index (κ1) is 22.9. The molecule has 1 amide bonds. The number of amidine groups is 1. The van der Waals surface area contributed by atoms with E-state index in [-0.39, 0.29) is 11.7 Å². The van der Waals surface area contributed by atoms with Gasteiger partial charge in [-0.2, -0.15) is 0 Å².